The molecule has 0 aliphatic heterocycles. The fourth-order valence-corrected chi connectivity index (χ4v) is 1.85. The number of halogens is 1. The molecule has 6 nitrogen and oxygen atoms in total. The Hall–Kier alpha value is -1.50. The van der Waals surface area contributed by atoms with Crippen LogP contribution in [0.4, 0.5) is 0 Å². The summed E-state index contributed by atoms with van der Waals surface area (Å²) in [5, 5.41) is 2.93. The van der Waals surface area contributed by atoms with Crippen molar-refractivity contribution in [3.05, 3.63) is 23.8 Å². The zero-order valence-corrected chi connectivity index (χ0v) is 14.9. The SMILES string of the molecule is COCCOc1ccc(C(C)NC(=O)C(C)CN)cc1OC.Cl. The maximum Gasteiger partial charge on any atom is 0.224 e. The van der Waals surface area contributed by atoms with Crippen molar-refractivity contribution < 1.29 is 19.0 Å². The smallest absolute Gasteiger partial charge is 0.224 e. The van der Waals surface area contributed by atoms with Gasteiger partial charge in [-0.1, -0.05) is 13.0 Å². The molecular formula is C16H27ClN2O4. The average molecular weight is 347 g/mol. The molecule has 0 aliphatic carbocycles. The highest BCUT2D eigenvalue weighted by molar-refractivity contribution is 5.85. The largest absolute Gasteiger partial charge is 0.493 e. The van der Waals surface area contributed by atoms with Crippen LogP contribution in [0, 0.1) is 5.92 Å². The van der Waals surface area contributed by atoms with E-state index in [0.29, 0.717) is 31.3 Å². The van der Waals surface area contributed by atoms with Crippen LogP contribution in [0.3, 0.4) is 0 Å². The van der Waals surface area contributed by atoms with Crippen molar-refractivity contribution in [2.45, 2.75) is 19.9 Å². The molecule has 7 heteroatoms. The minimum Gasteiger partial charge on any atom is -0.493 e. The maximum absolute atomic E-state index is 11.9. The number of nitrogens with one attached hydrogen (secondary N) is 1. The minimum absolute atomic E-state index is 0. The molecule has 0 heterocycles. The van der Waals surface area contributed by atoms with E-state index >= 15 is 0 Å². The van der Waals surface area contributed by atoms with E-state index in [4.69, 9.17) is 19.9 Å². The Bertz CT molecular complexity index is 485. The molecule has 0 spiro atoms. The van der Waals surface area contributed by atoms with Gasteiger partial charge in [0.15, 0.2) is 11.5 Å². The molecule has 0 bridgehead atoms. The summed E-state index contributed by atoms with van der Waals surface area (Å²) < 4.78 is 15.9. The van der Waals surface area contributed by atoms with Crippen molar-refractivity contribution in [3.8, 4) is 11.5 Å². The number of hydrogen-bond acceptors (Lipinski definition) is 5. The van der Waals surface area contributed by atoms with Gasteiger partial charge in [0.25, 0.3) is 0 Å². The van der Waals surface area contributed by atoms with Gasteiger partial charge in [-0.2, -0.15) is 0 Å². The predicted molar refractivity (Wildman–Crippen MR) is 92.4 cm³/mol. The first-order valence-corrected chi connectivity index (χ1v) is 7.33. The molecular weight excluding hydrogens is 320 g/mol. The quantitative estimate of drug-likeness (QED) is 0.667. The van der Waals surface area contributed by atoms with E-state index in [2.05, 4.69) is 5.32 Å². The molecule has 0 saturated carbocycles. The molecule has 0 fully saturated rings. The Morgan fingerprint density at radius 2 is 1.91 bits per heavy atom. The van der Waals surface area contributed by atoms with Gasteiger partial charge in [-0.25, -0.2) is 0 Å². The van der Waals surface area contributed by atoms with Crippen molar-refractivity contribution >= 4 is 18.3 Å². The lowest BCUT2D eigenvalue weighted by atomic mass is 10.1. The molecule has 1 aromatic rings. The highest BCUT2D eigenvalue weighted by atomic mass is 35.5. The Balaban J connectivity index is 0.00000484. The number of hydrogen-bond donors (Lipinski definition) is 2. The summed E-state index contributed by atoms with van der Waals surface area (Å²) in [7, 11) is 3.21. The number of methoxy groups -OCH3 is 2. The lowest BCUT2D eigenvalue weighted by Gasteiger charge is -2.19. The van der Waals surface area contributed by atoms with Crippen molar-refractivity contribution in [1.29, 1.82) is 0 Å². The van der Waals surface area contributed by atoms with Gasteiger partial charge in [0.05, 0.1) is 19.8 Å². The second-order valence-corrected chi connectivity index (χ2v) is 5.12. The van der Waals surface area contributed by atoms with Crippen LogP contribution in [-0.4, -0.2) is 39.9 Å². The fourth-order valence-electron chi connectivity index (χ4n) is 1.85. The van der Waals surface area contributed by atoms with Crippen LogP contribution in [-0.2, 0) is 9.53 Å². The second kappa shape index (κ2) is 11.1. The number of nitrogens with two attached hydrogens (primary N) is 1. The monoisotopic (exact) mass is 346 g/mol. The number of benzene rings is 1. The zero-order chi connectivity index (χ0) is 16.5. The first-order chi connectivity index (χ1) is 10.5. The van der Waals surface area contributed by atoms with Gasteiger partial charge < -0.3 is 25.3 Å². The van der Waals surface area contributed by atoms with Crippen LogP contribution in [0.25, 0.3) is 0 Å². The van der Waals surface area contributed by atoms with Crippen molar-refractivity contribution in [3.63, 3.8) is 0 Å². The van der Waals surface area contributed by atoms with Gasteiger partial charge in [-0.05, 0) is 24.6 Å². The van der Waals surface area contributed by atoms with Crippen LogP contribution < -0.4 is 20.5 Å². The average Bonchev–Trinajstić information content (AvgIpc) is 2.54. The number of ether oxygens (including phenoxy) is 3. The topological polar surface area (TPSA) is 82.8 Å². The molecule has 132 valence electrons. The normalized spacial score (nSPS) is 12.7. The molecule has 0 radical (unpaired) electrons. The summed E-state index contributed by atoms with van der Waals surface area (Å²) in [6.45, 7) is 5.01. The highest BCUT2D eigenvalue weighted by Crippen LogP contribution is 2.30. The van der Waals surface area contributed by atoms with Gasteiger partial charge in [-0.15, -0.1) is 12.4 Å². The van der Waals surface area contributed by atoms with E-state index < -0.39 is 0 Å². The van der Waals surface area contributed by atoms with E-state index in [-0.39, 0.29) is 30.3 Å². The standard InChI is InChI=1S/C16H26N2O4.ClH/c1-11(10-17)16(19)18-12(2)13-5-6-14(15(9-13)21-4)22-8-7-20-3;/h5-6,9,11-12H,7-8,10,17H2,1-4H3,(H,18,19);1H. The lowest BCUT2D eigenvalue weighted by Crippen LogP contribution is -2.34. The Kier molecular flexibility index (Phi) is 10.4. The molecule has 3 N–H and O–H groups in total. The summed E-state index contributed by atoms with van der Waals surface area (Å²) >= 11 is 0. The third-order valence-electron chi connectivity index (χ3n) is 3.39. The molecule has 0 aromatic heterocycles. The molecule has 2 unspecified atom stereocenters. The van der Waals surface area contributed by atoms with E-state index in [1.165, 1.54) is 0 Å². The van der Waals surface area contributed by atoms with Crippen molar-refractivity contribution in [2.75, 3.05) is 34.0 Å². The van der Waals surface area contributed by atoms with E-state index in [1.54, 1.807) is 21.1 Å². The molecule has 0 aliphatic rings. The van der Waals surface area contributed by atoms with E-state index in [0.717, 1.165) is 5.56 Å². The first-order valence-electron chi connectivity index (χ1n) is 7.33. The van der Waals surface area contributed by atoms with Gasteiger partial charge in [0, 0.05) is 19.6 Å². The molecule has 23 heavy (non-hydrogen) atoms. The molecule has 2 atom stereocenters. The third-order valence-corrected chi connectivity index (χ3v) is 3.39. The molecule has 0 saturated heterocycles. The Labute approximate surface area is 144 Å². The van der Waals surface area contributed by atoms with Crippen molar-refractivity contribution in [2.24, 2.45) is 11.7 Å². The Morgan fingerprint density at radius 3 is 2.48 bits per heavy atom. The summed E-state index contributed by atoms with van der Waals surface area (Å²) in [6, 6.07) is 5.46. The summed E-state index contributed by atoms with van der Waals surface area (Å²) in [6.07, 6.45) is 0. The number of carbonyl (C=O) groups excluding carboxylic acids is 1. The number of amides is 1. The van der Waals surface area contributed by atoms with Crippen LogP contribution >= 0.6 is 12.4 Å². The van der Waals surface area contributed by atoms with E-state index in [1.807, 2.05) is 25.1 Å². The fraction of sp³-hybridized carbons (Fsp3) is 0.562. The summed E-state index contributed by atoms with van der Waals surface area (Å²) in [4.78, 5) is 11.9. The van der Waals surface area contributed by atoms with Crippen LogP contribution in [0.1, 0.15) is 25.5 Å². The summed E-state index contributed by atoms with van der Waals surface area (Å²) in [5.74, 6) is 1.01. The van der Waals surface area contributed by atoms with Gasteiger partial charge in [0.2, 0.25) is 5.91 Å². The number of rotatable bonds is 9. The molecule has 1 aromatic carbocycles. The highest BCUT2D eigenvalue weighted by Gasteiger charge is 2.16. The van der Waals surface area contributed by atoms with Crippen molar-refractivity contribution in [1.82, 2.24) is 5.32 Å². The second-order valence-electron chi connectivity index (χ2n) is 5.12. The Morgan fingerprint density at radius 1 is 1.22 bits per heavy atom. The molecule has 1 amide bonds. The summed E-state index contributed by atoms with van der Waals surface area (Å²) in [5.41, 5.74) is 6.44. The lowest BCUT2D eigenvalue weighted by molar-refractivity contribution is -0.124. The minimum atomic E-state index is -0.207. The van der Waals surface area contributed by atoms with Crippen LogP contribution in [0.5, 0.6) is 11.5 Å². The van der Waals surface area contributed by atoms with Gasteiger partial charge in [-0.3, -0.25) is 4.79 Å². The zero-order valence-electron chi connectivity index (χ0n) is 14.1. The predicted octanol–water partition coefficient (Wildman–Crippen LogP) is 1.91. The first kappa shape index (κ1) is 21.5. The van der Waals surface area contributed by atoms with E-state index in [9.17, 15) is 4.79 Å². The third kappa shape index (κ3) is 6.64. The maximum atomic E-state index is 11.9. The molecule has 1 rings (SSSR count). The number of carbonyl (C=O) groups is 1. The van der Waals surface area contributed by atoms with Crippen LogP contribution in [0.2, 0.25) is 0 Å². The van der Waals surface area contributed by atoms with Crippen LogP contribution in [0.15, 0.2) is 18.2 Å². The van der Waals surface area contributed by atoms with Gasteiger partial charge in [0.1, 0.15) is 6.61 Å². The van der Waals surface area contributed by atoms with Gasteiger partial charge >= 0.3 is 0 Å².